The van der Waals surface area contributed by atoms with Crippen molar-refractivity contribution < 1.29 is 4.79 Å². The number of nitrogens with one attached hydrogen (secondary N) is 1. The minimum Gasteiger partial charge on any atom is -0.339 e. The van der Waals surface area contributed by atoms with Crippen molar-refractivity contribution in [2.45, 2.75) is 37.1 Å². The fourth-order valence-corrected chi connectivity index (χ4v) is 4.06. The van der Waals surface area contributed by atoms with Crippen molar-refractivity contribution in [3.63, 3.8) is 0 Å². The molecule has 22 heavy (non-hydrogen) atoms. The summed E-state index contributed by atoms with van der Waals surface area (Å²) in [7, 11) is 0. The molecule has 0 spiro atoms. The number of carbonyl (C=O) groups is 1. The average molecular weight is 361 g/mol. The molecule has 1 fully saturated rings. The van der Waals surface area contributed by atoms with Crippen molar-refractivity contribution in [1.82, 2.24) is 10.2 Å². The Bertz CT molecular complexity index is 507. The predicted molar refractivity (Wildman–Crippen MR) is 95.1 cm³/mol. The first-order valence-corrected chi connectivity index (χ1v) is 9.44. The summed E-state index contributed by atoms with van der Waals surface area (Å²) >= 11 is 13.6. The second kappa shape index (κ2) is 9.02. The van der Waals surface area contributed by atoms with Crippen molar-refractivity contribution >= 4 is 40.9 Å². The summed E-state index contributed by atoms with van der Waals surface area (Å²) in [6.45, 7) is 4.92. The van der Waals surface area contributed by atoms with E-state index in [0.717, 1.165) is 43.8 Å². The highest BCUT2D eigenvalue weighted by atomic mass is 35.5. The Morgan fingerprint density at radius 2 is 2.09 bits per heavy atom. The van der Waals surface area contributed by atoms with Gasteiger partial charge >= 0.3 is 0 Å². The summed E-state index contributed by atoms with van der Waals surface area (Å²) < 4.78 is 0. The molecule has 0 aromatic heterocycles. The smallest absolute Gasteiger partial charge is 0.233 e. The first kappa shape index (κ1) is 17.9. The number of thioether (sulfide) groups is 1. The Labute approximate surface area is 146 Å². The molecule has 1 aliphatic heterocycles. The Kier molecular flexibility index (Phi) is 7.35. The van der Waals surface area contributed by atoms with Gasteiger partial charge in [-0.25, -0.2) is 0 Å². The Morgan fingerprint density at radius 1 is 1.36 bits per heavy atom. The second-order valence-corrected chi connectivity index (χ2v) is 7.29. The molecule has 3 nitrogen and oxygen atoms in total. The zero-order valence-corrected chi connectivity index (χ0v) is 15.1. The molecule has 0 unspecified atom stereocenters. The van der Waals surface area contributed by atoms with E-state index in [-0.39, 0.29) is 5.91 Å². The van der Waals surface area contributed by atoms with E-state index in [1.807, 2.05) is 11.0 Å². The first-order chi connectivity index (χ1) is 10.6. The molecule has 0 bridgehead atoms. The standard InChI is InChI=1S/C16H22Cl2N2OS/c1-2-9-20(13-5-7-19-8-6-13)16(21)11-22-15-10-12(17)3-4-14(15)18/h3-4,10,13,19H,2,5-9,11H2,1H3. The SMILES string of the molecule is CCCN(C(=O)CSc1cc(Cl)ccc1Cl)C1CCNCC1. The zero-order valence-electron chi connectivity index (χ0n) is 12.8. The van der Waals surface area contributed by atoms with E-state index in [1.54, 1.807) is 12.1 Å². The van der Waals surface area contributed by atoms with Gasteiger partial charge in [0.05, 0.1) is 10.8 Å². The lowest BCUT2D eigenvalue weighted by Crippen LogP contribution is -2.47. The Morgan fingerprint density at radius 3 is 2.77 bits per heavy atom. The van der Waals surface area contributed by atoms with Gasteiger partial charge in [0.1, 0.15) is 0 Å². The van der Waals surface area contributed by atoms with Crippen LogP contribution in [0.3, 0.4) is 0 Å². The highest BCUT2D eigenvalue weighted by molar-refractivity contribution is 8.00. The van der Waals surface area contributed by atoms with Gasteiger partial charge in [0, 0.05) is 22.5 Å². The van der Waals surface area contributed by atoms with E-state index in [2.05, 4.69) is 12.2 Å². The lowest BCUT2D eigenvalue weighted by molar-refractivity contribution is -0.131. The Balaban J connectivity index is 1.96. The highest BCUT2D eigenvalue weighted by Gasteiger charge is 2.24. The molecular formula is C16H22Cl2N2OS. The number of amides is 1. The number of nitrogens with zero attached hydrogens (tertiary/aromatic N) is 1. The normalized spacial score (nSPS) is 15.8. The van der Waals surface area contributed by atoms with Crippen LogP contribution in [0.25, 0.3) is 0 Å². The van der Waals surface area contributed by atoms with E-state index in [9.17, 15) is 4.79 Å². The third-order valence-corrected chi connectivity index (χ3v) is 5.50. The molecule has 0 saturated carbocycles. The van der Waals surface area contributed by atoms with Crippen molar-refractivity contribution in [3.05, 3.63) is 28.2 Å². The summed E-state index contributed by atoms with van der Waals surface area (Å²) in [5.41, 5.74) is 0. The predicted octanol–water partition coefficient (Wildman–Crippen LogP) is 4.08. The molecule has 0 atom stereocenters. The monoisotopic (exact) mass is 360 g/mol. The summed E-state index contributed by atoms with van der Waals surface area (Å²) in [5, 5.41) is 4.63. The van der Waals surface area contributed by atoms with Gasteiger partial charge in [0.2, 0.25) is 5.91 Å². The van der Waals surface area contributed by atoms with E-state index in [0.29, 0.717) is 21.8 Å². The third kappa shape index (κ3) is 5.05. The third-order valence-electron chi connectivity index (χ3n) is 3.78. The summed E-state index contributed by atoms with van der Waals surface area (Å²) in [6.07, 6.45) is 3.06. The Hall–Kier alpha value is -0.420. The second-order valence-electron chi connectivity index (χ2n) is 5.43. The molecule has 0 aliphatic carbocycles. The molecule has 1 saturated heterocycles. The lowest BCUT2D eigenvalue weighted by Gasteiger charge is -2.34. The number of hydrogen-bond donors (Lipinski definition) is 1. The van der Waals surface area contributed by atoms with Crippen LogP contribution in [0.15, 0.2) is 23.1 Å². The summed E-state index contributed by atoms with van der Waals surface area (Å²) in [6, 6.07) is 5.71. The van der Waals surface area contributed by atoms with Crippen LogP contribution in [-0.2, 0) is 4.79 Å². The maximum absolute atomic E-state index is 12.6. The van der Waals surface area contributed by atoms with Gasteiger partial charge in [-0.15, -0.1) is 11.8 Å². The molecule has 0 radical (unpaired) electrons. The minimum absolute atomic E-state index is 0.190. The number of carbonyl (C=O) groups excluding carboxylic acids is 1. The summed E-state index contributed by atoms with van der Waals surface area (Å²) in [4.78, 5) is 15.5. The van der Waals surface area contributed by atoms with Crippen molar-refractivity contribution in [2.24, 2.45) is 0 Å². The quantitative estimate of drug-likeness (QED) is 0.775. The maximum Gasteiger partial charge on any atom is 0.233 e. The van der Waals surface area contributed by atoms with Crippen LogP contribution in [-0.4, -0.2) is 42.2 Å². The molecule has 1 aromatic carbocycles. The first-order valence-electron chi connectivity index (χ1n) is 7.70. The topological polar surface area (TPSA) is 32.3 Å². The fraction of sp³-hybridized carbons (Fsp3) is 0.562. The zero-order chi connectivity index (χ0) is 15.9. The highest BCUT2D eigenvalue weighted by Crippen LogP contribution is 2.30. The van der Waals surface area contributed by atoms with E-state index < -0.39 is 0 Å². The van der Waals surface area contributed by atoms with Gasteiger partial charge < -0.3 is 10.2 Å². The number of benzene rings is 1. The fourth-order valence-electron chi connectivity index (χ4n) is 2.68. The van der Waals surface area contributed by atoms with Crippen LogP contribution >= 0.6 is 35.0 Å². The molecule has 6 heteroatoms. The maximum atomic E-state index is 12.6. The van der Waals surface area contributed by atoms with Gasteiger partial charge in [0.25, 0.3) is 0 Å². The number of halogens is 2. The van der Waals surface area contributed by atoms with Crippen molar-refractivity contribution in [1.29, 1.82) is 0 Å². The van der Waals surface area contributed by atoms with Crippen molar-refractivity contribution in [2.75, 3.05) is 25.4 Å². The van der Waals surface area contributed by atoms with Gasteiger partial charge in [-0.1, -0.05) is 30.1 Å². The van der Waals surface area contributed by atoms with Gasteiger partial charge in [-0.2, -0.15) is 0 Å². The number of hydrogen-bond acceptors (Lipinski definition) is 3. The van der Waals surface area contributed by atoms with Crippen LogP contribution in [0.1, 0.15) is 26.2 Å². The van der Waals surface area contributed by atoms with Gasteiger partial charge in [-0.05, 0) is 50.6 Å². The average Bonchev–Trinajstić information content (AvgIpc) is 2.54. The largest absolute Gasteiger partial charge is 0.339 e. The molecular weight excluding hydrogens is 339 g/mol. The molecule has 1 N–H and O–H groups in total. The lowest BCUT2D eigenvalue weighted by atomic mass is 10.0. The molecule has 2 rings (SSSR count). The molecule has 1 aliphatic rings. The van der Waals surface area contributed by atoms with Crippen LogP contribution in [0.2, 0.25) is 10.0 Å². The van der Waals surface area contributed by atoms with Crippen molar-refractivity contribution in [3.8, 4) is 0 Å². The van der Waals surface area contributed by atoms with Crippen LogP contribution in [0, 0.1) is 0 Å². The van der Waals surface area contributed by atoms with Crippen LogP contribution in [0.5, 0.6) is 0 Å². The van der Waals surface area contributed by atoms with Gasteiger partial charge in [-0.3, -0.25) is 4.79 Å². The van der Waals surface area contributed by atoms with E-state index in [4.69, 9.17) is 23.2 Å². The number of rotatable bonds is 6. The molecule has 1 heterocycles. The molecule has 122 valence electrons. The number of piperidine rings is 1. The van der Waals surface area contributed by atoms with Crippen LogP contribution in [0.4, 0.5) is 0 Å². The van der Waals surface area contributed by atoms with Gasteiger partial charge in [0.15, 0.2) is 0 Å². The molecule has 1 aromatic rings. The summed E-state index contributed by atoms with van der Waals surface area (Å²) in [5.74, 6) is 0.596. The van der Waals surface area contributed by atoms with E-state index in [1.165, 1.54) is 11.8 Å². The molecule has 1 amide bonds. The minimum atomic E-state index is 0.190. The van der Waals surface area contributed by atoms with Crippen LogP contribution < -0.4 is 5.32 Å². The van der Waals surface area contributed by atoms with E-state index >= 15 is 0 Å².